The minimum atomic E-state index is -1.65. The average molecular weight is 888 g/mol. The van der Waals surface area contributed by atoms with E-state index in [0.717, 1.165) is 39.5 Å². The molecule has 0 saturated carbocycles. The van der Waals surface area contributed by atoms with Crippen molar-refractivity contribution in [2.75, 3.05) is 33.3 Å². The molecule has 0 aromatic heterocycles. The predicted octanol–water partition coefficient (Wildman–Crippen LogP) is -5.64. The zero-order valence-corrected chi connectivity index (χ0v) is 36.7. The number of nitrogens with zero attached hydrogens (tertiary/aromatic N) is 1. The van der Waals surface area contributed by atoms with Gasteiger partial charge in [-0.2, -0.15) is 0 Å². The number of aliphatic hydroxyl groups is 17. The highest BCUT2D eigenvalue weighted by Gasteiger charge is 2.42. The maximum absolute atomic E-state index is 9.96. The largest absolute Gasteiger partial charge is 0.400 e. The lowest BCUT2D eigenvalue weighted by molar-refractivity contribution is -0.281. The maximum Gasteiger partial charge on any atom is 0.183 e. The fraction of sp³-hybridized carbons (Fsp3) is 0.947. The molecule has 1 rings (SSSR count). The Kier molecular flexibility index (Phi) is 48.3. The molecule has 0 aromatic carbocycles. The molecular weight excluding hydrogens is 802 g/mol. The minimum absolute atomic E-state index is 0.107. The highest BCUT2D eigenvalue weighted by molar-refractivity contribution is 5.63. The van der Waals surface area contributed by atoms with Gasteiger partial charge in [-0.25, -0.2) is 0 Å². The summed E-state index contributed by atoms with van der Waals surface area (Å²) in [6.45, 7) is 15.1. The molecule has 1 aliphatic heterocycles. The molecule has 20 N–H and O–H groups in total. The summed E-state index contributed by atoms with van der Waals surface area (Å²) in [7, 11) is 1.00. The van der Waals surface area contributed by atoms with Crippen LogP contribution in [-0.2, 0) is 9.53 Å². The summed E-state index contributed by atoms with van der Waals surface area (Å²) in [4.78, 5) is 13.8. The summed E-state index contributed by atoms with van der Waals surface area (Å²) in [5.41, 5.74) is 5.03. The van der Waals surface area contributed by atoms with Gasteiger partial charge in [-0.15, -0.1) is 0 Å². The van der Waals surface area contributed by atoms with E-state index in [1.54, 1.807) is 27.7 Å². The van der Waals surface area contributed by atoms with E-state index < -0.39 is 104 Å². The molecule has 22 heteroatoms. The molecule has 0 radical (unpaired) electrons. The molecule has 1 fully saturated rings. The van der Waals surface area contributed by atoms with Crippen molar-refractivity contribution in [1.82, 2.24) is 5.32 Å². The molecule has 17 atom stereocenters. The first-order valence-electron chi connectivity index (χ1n) is 20.5. The molecule has 22 nitrogen and oxygen atoms in total. The van der Waals surface area contributed by atoms with Gasteiger partial charge in [0.1, 0.15) is 67.1 Å². The molecule has 60 heavy (non-hydrogen) atoms. The maximum atomic E-state index is 9.96. The Morgan fingerprint density at radius 2 is 0.983 bits per heavy atom. The van der Waals surface area contributed by atoms with Gasteiger partial charge in [-0.1, -0.05) is 48.5 Å². The van der Waals surface area contributed by atoms with Crippen molar-refractivity contribution in [1.29, 1.82) is 0 Å². The molecule has 1 aliphatic rings. The van der Waals surface area contributed by atoms with Crippen LogP contribution in [0.2, 0.25) is 0 Å². The second kappa shape index (κ2) is 42.8. The van der Waals surface area contributed by atoms with Crippen LogP contribution in [0.3, 0.4) is 0 Å². The standard InChI is InChI=1S/C10H23NO4.C10H21NO4.2C7H14O5.C3H9N.CH4O/c2*1-3-5-11-6-8(13)10(15)9(14)7(12)4-2;1-2-3-4(8)5(9)6(10)7(11)12-3;1-2-4(9)6(11)7(12)5(10)3-8;1-2-3-4;1-2/h7-15H,3-6H2,1-2H3;6-10,12-15H,3-5H2,1-2H3;3-11H,2H2,1H3;3-7,9-12H,2H2,1H3;2-4H2,1H3;2H,1H3/t2*7?,8?,9-,10+;3?,4-,5-,6?,7+;4?,5?,6-,7+;;/m1111../s1. The lowest BCUT2D eigenvalue weighted by Crippen LogP contribution is -2.57. The van der Waals surface area contributed by atoms with Crippen LogP contribution in [-0.4, -0.2) is 237 Å². The summed E-state index contributed by atoms with van der Waals surface area (Å²) in [6.07, 6.45) is -16.0. The molecule has 0 spiro atoms. The number of hydrogen-bond donors (Lipinski definition) is 19. The SMILES string of the molecule is CCC(O)[C@@H](O)[C@@H](O)C(O)C=O.CCC1O[C@H](O)C(O)[C@H](O)[C@@H]1O.CCCN.CCCN=CC(O)[C@H](O)[C@H](O)C(O)CC.CCCNCC(O)[C@H](O)[C@H](O)C(O)CC.CO. The van der Waals surface area contributed by atoms with E-state index in [-0.39, 0.29) is 19.3 Å². The summed E-state index contributed by atoms with van der Waals surface area (Å²) >= 11 is 0. The van der Waals surface area contributed by atoms with Crippen LogP contribution in [0, 0.1) is 0 Å². The summed E-state index contributed by atoms with van der Waals surface area (Å²) in [5, 5.41) is 157. The highest BCUT2D eigenvalue weighted by atomic mass is 16.6. The van der Waals surface area contributed by atoms with Crippen molar-refractivity contribution in [2.45, 2.75) is 197 Å². The topological polar surface area (TPSA) is 421 Å². The van der Waals surface area contributed by atoms with Crippen LogP contribution in [0.15, 0.2) is 4.99 Å². The van der Waals surface area contributed by atoms with Crippen molar-refractivity contribution >= 4 is 12.5 Å². The van der Waals surface area contributed by atoms with Crippen molar-refractivity contribution in [3.05, 3.63) is 0 Å². The summed E-state index contributed by atoms with van der Waals surface area (Å²) in [5.74, 6) is 0. The molecule has 0 bridgehead atoms. The van der Waals surface area contributed by atoms with Crippen LogP contribution in [0.1, 0.15) is 93.4 Å². The van der Waals surface area contributed by atoms with Gasteiger partial charge in [0.25, 0.3) is 0 Å². The lowest BCUT2D eigenvalue weighted by Gasteiger charge is -2.37. The number of aliphatic hydroxyl groups excluding tert-OH is 17. The van der Waals surface area contributed by atoms with Crippen LogP contribution in [0.25, 0.3) is 0 Å². The molecule has 8 unspecified atom stereocenters. The number of nitrogens with one attached hydrogen (secondary N) is 1. The van der Waals surface area contributed by atoms with Crippen LogP contribution in [0.4, 0.5) is 0 Å². The van der Waals surface area contributed by atoms with Gasteiger partial charge in [-0.05, 0) is 58.0 Å². The van der Waals surface area contributed by atoms with E-state index >= 15 is 0 Å². The van der Waals surface area contributed by atoms with E-state index in [2.05, 4.69) is 17.2 Å². The Morgan fingerprint density at radius 3 is 1.33 bits per heavy atom. The number of nitrogens with two attached hydrogens (primary N) is 1. The third-order valence-corrected chi connectivity index (χ3v) is 8.49. The van der Waals surface area contributed by atoms with Gasteiger partial charge >= 0.3 is 0 Å². The molecular formula is C38H85N3O19. The molecule has 0 aliphatic carbocycles. The third kappa shape index (κ3) is 30.6. The zero-order valence-electron chi connectivity index (χ0n) is 36.7. The first-order valence-corrected chi connectivity index (χ1v) is 20.5. The minimum Gasteiger partial charge on any atom is -0.400 e. The molecule has 0 amide bonds. The smallest absolute Gasteiger partial charge is 0.183 e. The van der Waals surface area contributed by atoms with Gasteiger partial charge < -0.3 is 107 Å². The Hall–Kier alpha value is -1.46. The van der Waals surface area contributed by atoms with Gasteiger partial charge in [-0.3, -0.25) is 4.99 Å². The lowest BCUT2D eigenvalue weighted by atomic mass is 9.97. The Bertz CT molecular complexity index is 945. The molecule has 1 saturated heterocycles. The first kappa shape index (κ1) is 67.6. The molecule has 0 aromatic rings. The zero-order chi connectivity index (χ0) is 48.1. The fourth-order valence-electron chi connectivity index (χ4n) is 4.34. The molecule has 366 valence electrons. The van der Waals surface area contributed by atoms with Gasteiger partial charge in [0.2, 0.25) is 0 Å². The van der Waals surface area contributed by atoms with E-state index in [1.807, 2.05) is 13.8 Å². The Balaban J connectivity index is -0.000000215. The predicted molar refractivity (Wildman–Crippen MR) is 223 cm³/mol. The van der Waals surface area contributed by atoms with E-state index in [9.17, 15) is 55.9 Å². The highest BCUT2D eigenvalue weighted by Crippen LogP contribution is 2.21. The quantitative estimate of drug-likeness (QED) is 0.0274. The number of carbonyl (C=O) groups excluding carboxylic acids is 1. The fourth-order valence-corrected chi connectivity index (χ4v) is 4.34. The van der Waals surface area contributed by atoms with Gasteiger partial charge in [0.05, 0.1) is 30.5 Å². The van der Waals surface area contributed by atoms with Crippen LogP contribution < -0.4 is 11.1 Å². The number of aldehydes is 1. The number of carbonyl (C=O) groups is 1. The van der Waals surface area contributed by atoms with E-state index in [1.165, 1.54) is 6.21 Å². The number of rotatable bonds is 22. The van der Waals surface area contributed by atoms with Crippen molar-refractivity contribution in [2.24, 2.45) is 10.7 Å². The Morgan fingerprint density at radius 1 is 0.583 bits per heavy atom. The van der Waals surface area contributed by atoms with E-state index in [0.29, 0.717) is 25.8 Å². The van der Waals surface area contributed by atoms with Crippen LogP contribution in [0.5, 0.6) is 0 Å². The molecule has 1 heterocycles. The summed E-state index contributed by atoms with van der Waals surface area (Å²) < 4.78 is 4.83. The van der Waals surface area contributed by atoms with Gasteiger partial charge in [0.15, 0.2) is 12.6 Å². The first-order chi connectivity index (χ1) is 28.1. The normalized spacial score (nSPS) is 24.6. The average Bonchev–Trinajstić information content (AvgIpc) is 3.27. The Labute approximate surface area is 355 Å². The summed E-state index contributed by atoms with van der Waals surface area (Å²) in [6, 6.07) is 0. The number of aliphatic imine (C=N–C) groups is 1. The second-order valence-electron chi connectivity index (χ2n) is 13.5. The second-order valence-corrected chi connectivity index (χ2v) is 13.5. The third-order valence-electron chi connectivity index (χ3n) is 8.49. The van der Waals surface area contributed by atoms with E-state index in [4.69, 9.17) is 46.2 Å². The monoisotopic (exact) mass is 888 g/mol. The van der Waals surface area contributed by atoms with Crippen molar-refractivity contribution in [3.63, 3.8) is 0 Å². The van der Waals surface area contributed by atoms with Crippen molar-refractivity contribution < 1.29 is 96.3 Å². The van der Waals surface area contributed by atoms with Gasteiger partial charge in [0, 0.05) is 26.4 Å². The number of hydrogen-bond acceptors (Lipinski definition) is 22. The van der Waals surface area contributed by atoms with Crippen molar-refractivity contribution in [3.8, 4) is 0 Å². The van der Waals surface area contributed by atoms with Crippen LogP contribution >= 0.6 is 0 Å². The number of ether oxygens (including phenoxy) is 1.